The van der Waals surface area contributed by atoms with Crippen LogP contribution in [0.3, 0.4) is 0 Å². The van der Waals surface area contributed by atoms with Crippen molar-refractivity contribution >= 4 is 29.9 Å². The van der Waals surface area contributed by atoms with Crippen molar-refractivity contribution in [3.8, 4) is 5.75 Å². The molecule has 0 radical (unpaired) electrons. The second-order valence-corrected chi connectivity index (χ2v) is 7.53. The smallest absolute Gasteiger partial charge is 0.193 e. The van der Waals surface area contributed by atoms with Crippen LogP contribution in [0.25, 0.3) is 0 Å². The molecule has 1 aliphatic rings. The highest BCUT2D eigenvalue weighted by Crippen LogP contribution is 2.18. The summed E-state index contributed by atoms with van der Waals surface area (Å²) < 4.78 is 6.08. The standard InChI is InChI=1S/C20H34N4O.HI/c1-5-21-19(22-13-14-23-20(2,3)4)24-15-11-18(12-16-24)25-17-9-7-6-8-10-17;/h6-10,18,23H,5,11-16H2,1-4H3,(H,21,22);1H. The van der Waals surface area contributed by atoms with Crippen molar-refractivity contribution in [1.82, 2.24) is 15.5 Å². The first kappa shape index (κ1) is 23.0. The van der Waals surface area contributed by atoms with Crippen LogP contribution in [0.4, 0.5) is 0 Å². The van der Waals surface area contributed by atoms with Crippen molar-refractivity contribution in [3.05, 3.63) is 30.3 Å². The lowest BCUT2D eigenvalue weighted by atomic mass is 10.1. The predicted molar refractivity (Wildman–Crippen MR) is 121 cm³/mol. The summed E-state index contributed by atoms with van der Waals surface area (Å²) in [4.78, 5) is 7.13. The van der Waals surface area contributed by atoms with Crippen molar-refractivity contribution in [2.75, 3.05) is 32.7 Å². The Morgan fingerprint density at radius 3 is 2.42 bits per heavy atom. The zero-order chi connectivity index (χ0) is 18.1. The Morgan fingerprint density at radius 1 is 1.19 bits per heavy atom. The molecule has 6 heteroatoms. The molecule has 1 saturated heterocycles. The van der Waals surface area contributed by atoms with Crippen molar-refractivity contribution in [2.24, 2.45) is 4.99 Å². The number of nitrogens with one attached hydrogen (secondary N) is 2. The number of nitrogens with zero attached hydrogens (tertiary/aromatic N) is 2. The van der Waals surface area contributed by atoms with Gasteiger partial charge in [0.05, 0.1) is 6.54 Å². The molecule has 0 unspecified atom stereocenters. The number of likely N-dealkylation sites (tertiary alicyclic amines) is 1. The number of guanidine groups is 1. The van der Waals surface area contributed by atoms with Gasteiger partial charge in [-0.2, -0.15) is 0 Å². The molecule has 0 atom stereocenters. The Balaban J connectivity index is 0.00000338. The average Bonchev–Trinajstić information content (AvgIpc) is 2.58. The van der Waals surface area contributed by atoms with Crippen LogP contribution in [0, 0.1) is 0 Å². The van der Waals surface area contributed by atoms with E-state index in [1.54, 1.807) is 0 Å². The number of piperidine rings is 1. The maximum Gasteiger partial charge on any atom is 0.193 e. The Hall–Kier alpha value is -1.02. The lowest BCUT2D eigenvalue weighted by Gasteiger charge is -2.34. The average molecular weight is 474 g/mol. The van der Waals surface area contributed by atoms with Gasteiger partial charge in [-0.3, -0.25) is 4.99 Å². The maximum absolute atomic E-state index is 6.08. The Labute approximate surface area is 176 Å². The minimum absolute atomic E-state index is 0. The molecule has 0 aliphatic carbocycles. The molecule has 0 aromatic heterocycles. The Bertz CT molecular complexity index is 522. The number of aliphatic imine (C=N–C) groups is 1. The highest BCUT2D eigenvalue weighted by molar-refractivity contribution is 14.0. The van der Waals surface area contributed by atoms with Gasteiger partial charge in [0.2, 0.25) is 0 Å². The van der Waals surface area contributed by atoms with E-state index >= 15 is 0 Å². The Morgan fingerprint density at radius 2 is 1.85 bits per heavy atom. The van der Waals surface area contributed by atoms with Crippen LogP contribution < -0.4 is 15.4 Å². The van der Waals surface area contributed by atoms with Crippen LogP contribution in [0.5, 0.6) is 5.75 Å². The number of ether oxygens (including phenoxy) is 1. The minimum Gasteiger partial charge on any atom is -0.490 e. The molecule has 1 aromatic rings. The van der Waals surface area contributed by atoms with Crippen LogP contribution in [-0.2, 0) is 0 Å². The van der Waals surface area contributed by atoms with Gasteiger partial charge in [-0.1, -0.05) is 18.2 Å². The molecule has 0 bridgehead atoms. The van der Waals surface area contributed by atoms with E-state index in [0.29, 0.717) is 6.10 Å². The molecule has 2 rings (SSSR count). The van der Waals surface area contributed by atoms with Gasteiger partial charge in [0.25, 0.3) is 0 Å². The fourth-order valence-electron chi connectivity index (χ4n) is 2.90. The van der Waals surface area contributed by atoms with Crippen LogP contribution in [-0.4, -0.2) is 55.2 Å². The van der Waals surface area contributed by atoms with Crippen molar-refractivity contribution in [2.45, 2.75) is 52.2 Å². The fraction of sp³-hybridized carbons (Fsp3) is 0.650. The van der Waals surface area contributed by atoms with Crippen molar-refractivity contribution < 1.29 is 4.74 Å². The van der Waals surface area contributed by atoms with Gasteiger partial charge in [-0.15, -0.1) is 24.0 Å². The Kier molecular flexibility index (Phi) is 10.3. The van der Waals surface area contributed by atoms with Gasteiger partial charge in [0.1, 0.15) is 11.9 Å². The summed E-state index contributed by atoms with van der Waals surface area (Å²) in [6, 6.07) is 10.1. The molecule has 0 spiro atoms. The van der Waals surface area contributed by atoms with E-state index in [1.807, 2.05) is 30.3 Å². The maximum atomic E-state index is 6.08. The van der Waals surface area contributed by atoms with Gasteiger partial charge < -0.3 is 20.3 Å². The van der Waals surface area contributed by atoms with Crippen molar-refractivity contribution in [1.29, 1.82) is 0 Å². The quantitative estimate of drug-likeness (QED) is 0.287. The zero-order valence-electron chi connectivity index (χ0n) is 16.6. The van der Waals surface area contributed by atoms with Crippen LogP contribution in [0.2, 0.25) is 0 Å². The first-order valence-corrected chi connectivity index (χ1v) is 9.48. The van der Waals surface area contributed by atoms with Crippen LogP contribution in [0.15, 0.2) is 35.3 Å². The monoisotopic (exact) mass is 474 g/mol. The van der Waals surface area contributed by atoms with E-state index in [-0.39, 0.29) is 29.5 Å². The molecule has 1 aliphatic heterocycles. The summed E-state index contributed by atoms with van der Waals surface area (Å²) in [5.74, 6) is 1.99. The minimum atomic E-state index is 0. The number of para-hydroxylation sites is 1. The highest BCUT2D eigenvalue weighted by Gasteiger charge is 2.22. The predicted octanol–water partition coefficient (Wildman–Crippen LogP) is 3.50. The third-order valence-electron chi connectivity index (χ3n) is 4.15. The molecule has 0 saturated carbocycles. The molecule has 0 amide bonds. The molecule has 26 heavy (non-hydrogen) atoms. The number of rotatable bonds is 6. The number of hydrogen-bond donors (Lipinski definition) is 2. The summed E-state index contributed by atoms with van der Waals surface area (Å²) >= 11 is 0. The molecule has 1 heterocycles. The van der Waals surface area contributed by atoms with Gasteiger partial charge in [-0.05, 0) is 39.8 Å². The van der Waals surface area contributed by atoms with E-state index in [1.165, 1.54) is 0 Å². The third-order valence-corrected chi connectivity index (χ3v) is 4.15. The second kappa shape index (κ2) is 11.6. The summed E-state index contributed by atoms with van der Waals surface area (Å²) in [7, 11) is 0. The molecule has 148 valence electrons. The highest BCUT2D eigenvalue weighted by atomic mass is 127. The first-order valence-electron chi connectivity index (χ1n) is 9.48. The fourth-order valence-corrected chi connectivity index (χ4v) is 2.90. The van der Waals surface area contributed by atoms with Crippen LogP contribution >= 0.6 is 24.0 Å². The molecule has 1 aromatic carbocycles. The first-order chi connectivity index (χ1) is 12.0. The zero-order valence-corrected chi connectivity index (χ0v) is 19.0. The molecular weight excluding hydrogens is 439 g/mol. The SMILES string of the molecule is CCNC(=NCCNC(C)(C)C)N1CCC(Oc2ccccc2)CC1.I. The topological polar surface area (TPSA) is 48.9 Å². The number of benzene rings is 1. The lowest BCUT2D eigenvalue weighted by Crippen LogP contribution is -2.48. The summed E-state index contributed by atoms with van der Waals surface area (Å²) in [5, 5.41) is 6.91. The normalized spacial score (nSPS) is 16.2. The van der Waals surface area contributed by atoms with Gasteiger partial charge in [-0.25, -0.2) is 0 Å². The molecular formula is C20H35IN4O. The third kappa shape index (κ3) is 8.58. The lowest BCUT2D eigenvalue weighted by molar-refractivity contribution is 0.129. The van der Waals surface area contributed by atoms with Gasteiger partial charge >= 0.3 is 0 Å². The van der Waals surface area contributed by atoms with E-state index in [9.17, 15) is 0 Å². The number of halogens is 1. The molecule has 5 nitrogen and oxygen atoms in total. The molecule has 1 fully saturated rings. The van der Waals surface area contributed by atoms with Crippen LogP contribution in [0.1, 0.15) is 40.5 Å². The number of hydrogen-bond acceptors (Lipinski definition) is 3. The second-order valence-electron chi connectivity index (χ2n) is 7.53. The van der Waals surface area contributed by atoms with E-state index in [0.717, 1.165) is 57.3 Å². The van der Waals surface area contributed by atoms with E-state index in [2.05, 4.69) is 43.2 Å². The summed E-state index contributed by atoms with van der Waals surface area (Å²) in [6.07, 6.45) is 2.35. The summed E-state index contributed by atoms with van der Waals surface area (Å²) in [5.41, 5.74) is 0.140. The molecule has 2 N–H and O–H groups in total. The van der Waals surface area contributed by atoms with Gasteiger partial charge in [0.15, 0.2) is 5.96 Å². The van der Waals surface area contributed by atoms with Gasteiger partial charge in [0, 0.05) is 44.6 Å². The van der Waals surface area contributed by atoms with E-state index in [4.69, 9.17) is 9.73 Å². The van der Waals surface area contributed by atoms with Crippen molar-refractivity contribution in [3.63, 3.8) is 0 Å². The largest absolute Gasteiger partial charge is 0.490 e. The van der Waals surface area contributed by atoms with E-state index < -0.39 is 0 Å². The summed E-state index contributed by atoms with van der Waals surface area (Å²) in [6.45, 7) is 13.2.